The topological polar surface area (TPSA) is 48.9 Å². The number of rotatable bonds is 4. The van der Waals surface area contributed by atoms with Gasteiger partial charge in [0.05, 0.1) is 25.0 Å². The van der Waals surface area contributed by atoms with Gasteiger partial charge in [0, 0.05) is 12.6 Å². The molecule has 22 heavy (non-hydrogen) atoms. The Kier molecular flexibility index (Phi) is 5.25. The highest BCUT2D eigenvalue weighted by atomic mass is 16.5. The van der Waals surface area contributed by atoms with Gasteiger partial charge in [-0.3, -0.25) is 15.4 Å². The molecule has 0 amide bonds. The van der Waals surface area contributed by atoms with Crippen LogP contribution in [0.2, 0.25) is 0 Å². The van der Waals surface area contributed by atoms with Crippen LogP contribution in [-0.4, -0.2) is 26.2 Å². The van der Waals surface area contributed by atoms with E-state index in [0.717, 1.165) is 36.2 Å². The van der Waals surface area contributed by atoms with Crippen LogP contribution in [-0.2, 0) is 0 Å². The van der Waals surface area contributed by atoms with Crippen LogP contribution in [0.25, 0.3) is 0 Å². The molecule has 0 spiro atoms. The van der Waals surface area contributed by atoms with Crippen LogP contribution in [0.15, 0.2) is 59.6 Å². The van der Waals surface area contributed by atoms with Crippen LogP contribution in [0, 0.1) is 0 Å². The number of nitrogens with one attached hydrogen (secondary N) is 2. The van der Waals surface area contributed by atoms with E-state index in [9.17, 15) is 0 Å². The van der Waals surface area contributed by atoms with Gasteiger partial charge in [-0.2, -0.15) is 0 Å². The van der Waals surface area contributed by atoms with Gasteiger partial charge in [0.2, 0.25) is 5.96 Å². The summed E-state index contributed by atoms with van der Waals surface area (Å²) in [6.45, 7) is 1.66. The standard InChI is InChI=1S/C16H18N4O.CH4/c1-21-15-9-5-8-14(12-15)20(13-6-3-2-4-7-13)19-16-17-10-11-18-16;/h2-9,12H,10-11H2,1H3,(H2,17,18,19);1H4. The average Bonchev–Trinajstić information content (AvgIpc) is 3.07. The highest BCUT2D eigenvalue weighted by molar-refractivity contribution is 5.84. The van der Waals surface area contributed by atoms with E-state index in [1.807, 2.05) is 59.6 Å². The Balaban J connectivity index is 0.00000176. The molecule has 2 aromatic rings. The Morgan fingerprint density at radius 3 is 2.55 bits per heavy atom. The number of aliphatic imine (C=N–C) groups is 1. The van der Waals surface area contributed by atoms with Crippen LogP contribution in [0.3, 0.4) is 0 Å². The van der Waals surface area contributed by atoms with Crippen molar-refractivity contribution in [2.24, 2.45) is 4.99 Å². The van der Waals surface area contributed by atoms with E-state index in [0.29, 0.717) is 0 Å². The number of ether oxygens (including phenoxy) is 1. The third-order valence-electron chi connectivity index (χ3n) is 3.22. The van der Waals surface area contributed by atoms with Crippen LogP contribution in [0.4, 0.5) is 11.4 Å². The van der Waals surface area contributed by atoms with Crippen LogP contribution in [0.5, 0.6) is 5.75 Å². The zero-order chi connectivity index (χ0) is 14.5. The van der Waals surface area contributed by atoms with E-state index in [4.69, 9.17) is 4.74 Å². The highest BCUT2D eigenvalue weighted by Crippen LogP contribution is 2.26. The summed E-state index contributed by atoms with van der Waals surface area (Å²) in [5.74, 6) is 1.60. The largest absolute Gasteiger partial charge is 0.497 e. The molecule has 0 aromatic heterocycles. The summed E-state index contributed by atoms with van der Waals surface area (Å²) < 4.78 is 5.31. The smallest absolute Gasteiger partial charge is 0.210 e. The van der Waals surface area contributed by atoms with Crippen molar-refractivity contribution >= 4 is 17.3 Å². The van der Waals surface area contributed by atoms with Crippen LogP contribution < -0.4 is 20.5 Å². The lowest BCUT2D eigenvalue weighted by atomic mass is 10.2. The molecular formula is C17H22N4O. The fourth-order valence-corrected chi connectivity index (χ4v) is 2.18. The maximum Gasteiger partial charge on any atom is 0.210 e. The molecule has 0 radical (unpaired) electrons. The van der Waals surface area contributed by atoms with Gasteiger partial charge in [-0.15, -0.1) is 0 Å². The second-order valence-corrected chi connectivity index (χ2v) is 4.64. The van der Waals surface area contributed by atoms with E-state index >= 15 is 0 Å². The molecule has 2 aromatic carbocycles. The number of para-hydroxylation sites is 1. The van der Waals surface area contributed by atoms with Gasteiger partial charge < -0.3 is 10.1 Å². The highest BCUT2D eigenvalue weighted by Gasteiger charge is 2.13. The summed E-state index contributed by atoms with van der Waals surface area (Å²) in [5.41, 5.74) is 5.33. The fraction of sp³-hybridized carbons (Fsp3) is 0.235. The first-order valence-corrected chi connectivity index (χ1v) is 6.91. The summed E-state index contributed by atoms with van der Waals surface area (Å²) in [4.78, 5) is 4.39. The molecule has 116 valence electrons. The Morgan fingerprint density at radius 2 is 1.86 bits per heavy atom. The fourth-order valence-electron chi connectivity index (χ4n) is 2.18. The molecule has 0 aliphatic carbocycles. The minimum absolute atomic E-state index is 0. The maximum atomic E-state index is 5.31. The number of hydrazine groups is 1. The molecular weight excluding hydrogens is 276 g/mol. The molecule has 1 aliphatic heterocycles. The molecule has 0 saturated heterocycles. The van der Waals surface area contributed by atoms with Crippen molar-refractivity contribution in [2.75, 3.05) is 25.2 Å². The van der Waals surface area contributed by atoms with Gasteiger partial charge in [-0.05, 0) is 24.3 Å². The first-order valence-electron chi connectivity index (χ1n) is 6.91. The average molecular weight is 298 g/mol. The molecule has 5 nitrogen and oxygen atoms in total. The number of guanidine groups is 1. The Labute approximate surface area is 131 Å². The molecule has 3 rings (SSSR count). The summed E-state index contributed by atoms with van der Waals surface area (Å²) in [6.07, 6.45) is 0. The number of benzene rings is 2. The van der Waals surface area contributed by atoms with E-state index in [1.165, 1.54) is 0 Å². The molecule has 0 bridgehead atoms. The monoisotopic (exact) mass is 298 g/mol. The van der Waals surface area contributed by atoms with Gasteiger partial charge in [-0.25, -0.2) is 0 Å². The van der Waals surface area contributed by atoms with Crippen molar-refractivity contribution in [1.82, 2.24) is 10.7 Å². The minimum atomic E-state index is 0. The number of hydrogen-bond donors (Lipinski definition) is 2. The Morgan fingerprint density at radius 1 is 1.09 bits per heavy atom. The molecule has 5 heteroatoms. The lowest BCUT2D eigenvalue weighted by Crippen LogP contribution is -2.44. The van der Waals surface area contributed by atoms with Gasteiger partial charge in [0.15, 0.2) is 0 Å². The predicted octanol–water partition coefficient (Wildman–Crippen LogP) is 2.93. The first-order chi connectivity index (χ1) is 10.4. The SMILES string of the molecule is C.COc1cccc(N(NC2=NCCN2)c2ccccc2)c1. The maximum absolute atomic E-state index is 5.31. The van der Waals surface area contributed by atoms with Crippen molar-refractivity contribution in [3.63, 3.8) is 0 Å². The second-order valence-electron chi connectivity index (χ2n) is 4.64. The third kappa shape index (κ3) is 3.49. The van der Waals surface area contributed by atoms with E-state index in [1.54, 1.807) is 7.11 Å². The van der Waals surface area contributed by atoms with Gasteiger partial charge in [0.1, 0.15) is 5.75 Å². The van der Waals surface area contributed by atoms with Crippen molar-refractivity contribution in [1.29, 1.82) is 0 Å². The molecule has 1 heterocycles. The molecule has 2 N–H and O–H groups in total. The van der Waals surface area contributed by atoms with E-state index in [2.05, 4.69) is 15.7 Å². The number of methoxy groups -OCH3 is 1. The Bertz CT molecular complexity index is 628. The first kappa shape index (κ1) is 15.7. The molecule has 0 saturated carbocycles. The summed E-state index contributed by atoms with van der Waals surface area (Å²) in [6, 6.07) is 18.0. The quantitative estimate of drug-likeness (QED) is 0.852. The predicted molar refractivity (Wildman–Crippen MR) is 91.7 cm³/mol. The van der Waals surface area contributed by atoms with Crippen molar-refractivity contribution < 1.29 is 4.74 Å². The summed E-state index contributed by atoms with van der Waals surface area (Å²) in [7, 11) is 1.67. The summed E-state index contributed by atoms with van der Waals surface area (Å²) >= 11 is 0. The lowest BCUT2D eigenvalue weighted by molar-refractivity contribution is 0.415. The lowest BCUT2D eigenvalue weighted by Gasteiger charge is -2.26. The summed E-state index contributed by atoms with van der Waals surface area (Å²) in [5, 5.41) is 5.21. The van der Waals surface area contributed by atoms with Gasteiger partial charge in [0.25, 0.3) is 0 Å². The molecule has 1 aliphatic rings. The number of nitrogens with zero attached hydrogens (tertiary/aromatic N) is 2. The normalized spacial score (nSPS) is 12.7. The third-order valence-corrected chi connectivity index (χ3v) is 3.22. The van der Waals surface area contributed by atoms with Gasteiger partial charge in [-0.1, -0.05) is 31.7 Å². The van der Waals surface area contributed by atoms with Gasteiger partial charge >= 0.3 is 0 Å². The van der Waals surface area contributed by atoms with Crippen molar-refractivity contribution in [2.45, 2.75) is 7.43 Å². The van der Waals surface area contributed by atoms with Crippen molar-refractivity contribution in [3.8, 4) is 5.75 Å². The number of anilines is 2. The minimum Gasteiger partial charge on any atom is -0.497 e. The molecule has 0 unspecified atom stereocenters. The van der Waals surface area contributed by atoms with Crippen LogP contribution in [0.1, 0.15) is 7.43 Å². The van der Waals surface area contributed by atoms with Crippen LogP contribution >= 0.6 is 0 Å². The zero-order valence-electron chi connectivity index (χ0n) is 11.9. The zero-order valence-corrected chi connectivity index (χ0v) is 11.9. The molecule has 0 atom stereocenters. The second kappa shape index (κ2) is 7.36. The van der Waals surface area contributed by atoms with Crippen molar-refractivity contribution in [3.05, 3.63) is 54.6 Å². The number of hydrogen-bond acceptors (Lipinski definition) is 5. The molecule has 0 fully saturated rings. The van der Waals surface area contributed by atoms with E-state index in [-0.39, 0.29) is 7.43 Å². The van der Waals surface area contributed by atoms with E-state index < -0.39 is 0 Å². The Hall–Kier alpha value is -2.69.